The molecule has 0 aliphatic rings. The maximum Gasteiger partial charge on any atom is 0.280 e. The molecule has 0 saturated carbocycles. The molecule has 0 fully saturated rings. The van der Waals surface area contributed by atoms with Gasteiger partial charge < -0.3 is 4.74 Å². The highest BCUT2D eigenvalue weighted by molar-refractivity contribution is 5.75. The highest BCUT2D eigenvalue weighted by Crippen LogP contribution is 2.28. The lowest BCUT2D eigenvalue weighted by Gasteiger charge is -2.08. The summed E-state index contributed by atoms with van der Waals surface area (Å²) in [5.41, 5.74) is -0.363. The van der Waals surface area contributed by atoms with Crippen molar-refractivity contribution in [3.05, 3.63) is 45.5 Å². The molecular weight excluding hydrogens is 234 g/mol. The topological polar surface area (TPSA) is 99.9 Å². The Balaban J connectivity index is 3.51. The van der Waals surface area contributed by atoms with Gasteiger partial charge >= 0.3 is 0 Å². The Bertz CT molecular complexity index is 563. The Kier molecular flexibility index (Phi) is 4.42. The van der Waals surface area contributed by atoms with Crippen LogP contribution in [0.15, 0.2) is 29.8 Å². The van der Waals surface area contributed by atoms with Crippen LogP contribution in [0.4, 0.5) is 5.69 Å². The number of para-hydroxylation sites is 1. The third-order valence-electron chi connectivity index (χ3n) is 2.08. The second kappa shape index (κ2) is 6.02. The molecule has 0 radical (unpaired) electrons. The number of nitro groups is 1. The Morgan fingerprint density at radius 2 is 2.00 bits per heavy atom. The predicted molar refractivity (Wildman–Crippen MR) is 62.9 cm³/mol. The largest absolute Gasteiger partial charge is 0.491 e. The number of hydrogen-bond donors (Lipinski definition) is 0. The summed E-state index contributed by atoms with van der Waals surface area (Å²) in [5, 5.41) is 28.6. The van der Waals surface area contributed by atoms with Crippen LogP contribution < -0.4 is 0 Å². The smallest absolute Gasteiger partial charge is 0.280 e. The van der Waals surface area contributed by atoms with Crippen molar-refractivity contribution in [1.29, 1.82) is 10.5 Å². The van der Waals surface area contributed by atoms with Gasteiger partial charge in [0.15, 0.2) is 11.3 Å². The van der Waals surface area contributed by atoms with Crippen molar-refractivity contribution < 1.29 is 9.66 Å². The Morgan fingerprint density at radius 3 is 2.50 bits per heavy atom. The lowest BCUT2D eigenvalue weighted by Crippen LogP contribution is -2.00. The Hall–Kier alpha value is -2.86. The first-order valence-electron chi connectivity index (χ1n) is 5.06. The highest BCUT2D eigenvalue weighted by Gasteiger charge is 2.20. The number of rotatable bonds is 4. The molecular formula is C12H9N3O3. The molecule has 0 aliphatic heterocycles. The van der Waals surface area contributed by atoms with E-state index in [0.29, 0.717) is 0 Å². The average Bonchev–Trinajstić information content (AvgIpc) is 2.39. The van der Waals surface area contributed by atoms with Gasteiger partial charge in [-0.25, -0.2) is 0 Å². The molecule has 18 heavy (non-hydrogen) atoms. The van der Waals surface area contributed by atoms with E-state index in [9.17, 15) is 10.1 Å². The normalized spacial score (nSPS) is 8.83. The minimum absolute atomic E-state index is 0.0604. The maximum atomic E-state index is 10.9. The van der Waals surface area contributed by atoms with Crippen LogP contribution in [0.2, 0.25) is 0 Å². The molecule has 0 bridgehead atoms. The number of ether oxygens (including phenoxy) is 1. The quantitative estimate of drug-likeness (QED) is 0.350. The van der Waals surface area contributed by atoms with E-state index < -0.39 is 4.92 Å². The predicted octanol–water partition coefficient (Wildman–Crippen LogP) is 2.39. The van der Waals surface area contributed by atoms with Crippen LogP contribution in [-0.2, 0) is 4.74 Å². The van der Waals surface area contributed by atoms with Crippen molar-refractivity contribution >= 4 is 11.4 Å². The minimum atomic E-state index is -0.583. The maximum absolute atomic E-state index is 10.9. The van der Waals surface area contributed by atoms with Gasteiger partial charge in [0.1, 0.15) is 12.1 Å². The molecule has 0 saturated heterocycles. The molecule has 0 N–H and O–H groups in total. The molecule has 0 unspecified atom stereocenters. The van der Waals surface area contributed by atoms with Crippen molar-refractivity contribution in [2.75, 3.05) is 6.61 Å². The van der Waals surface area contributed by atoms with Gasteiger partial charge in [0.2, 0.25) is 0 Å². The Labute approximate surface area is 103 Å². The third kappa shape index (κ3) is 2.63. The molecule has 0 amide bonds. The lowest BCUT2D eigenvalue weighted by molar-refractivity contribution is -0.385. The van der Waals surface area contributed by atoms with Gasteiger partial charge in [-0.1, -0.05) is 12.1 Å². The highest BCUT2D eigenvalue weighted by atomic mass is 16.6. The van der Waals surface area contributed by atoms with Crippen LogP contribution in [0.1, 0.15) is 12.5 Å². The summed E-state index contributed by atoms with van der Waals surface area (Å²) in [4.78, 5) is 10.3. The molecule has 1 aromatic rings. The number of nitrogens with zero attached hydrogens (tertiary/aromatic N) is 3. The van der Waals surface area contributed by atoms with Crippen molar-refractivity contribution in [3.8, 4) is 12.1 Å². The van der Waals surface area contributed by atoms with Gasteiger partial charge in [0.25, 0.3) is 5.69 Å². The average molecular weight is 243 g/mol. The number of nitriles is 2. The van der Waals surface area contributed by atoms with Gasteiger partial charge in [0, 0.05) is 6.07 Å². The van der Waals surface area contributed by atoms with E-state index in [-0.39, 0.29) is 29.2 Å². The Morgan fingerprint density at radius 1 is 1.39 bits per heavy atom. The number of hydrogen-bond acceptors (Lipinski definition) is 5. The summed E-state index contributed by atoms with van der Waals surface area (Å²) in [6, 6.07) is 9.16. The van der Waals surface area contributed by atoms with E-state index >= 15 is 0 Å². The van der Waals surface area contributed by atoms with Crippen molar-refractivity contribution in [3.63, 3.8) is 0 Å². The molecule has 0 atom stereocenters. The van der Waals surface area contributed by atoms with E-state index in [1.807, 2.05) is 0 Å². The van der Waals surface area contributed by atoms with Crippen molar-refractivity contribution in [2.24, 2.45) is 0 Å². The molecule has 0 spiro atoms. The van der Waals surface area contributed by atoms with Gasteiger partial charge in [-0.3, -0.25) is 10.1 Å². The molecule has 0 heterocycles. The van der Waals surface area contributed by atoms with Gasteiger partial charge in [-0.05, 0) is 13.0 Å². The van der Waals surface area contributed by atoms with Crippen LogP contribution in [0.25, 0.3) is 5.76 Å². The zero-order valence-electron chi connectivity index (χ0n) is 9.58. The first kappa shape index (κ1) is 13.2. The minimum Gasteiger partial charge on any atom is -0.491 e. The van der Waals surface area contributed by atoms with Crippen LogP contribution in [0.5, 0.6) is 0 Å². The lowest BCUT2D eigenvalue weighted by atomic mass is 10.1. The van der Waals surface area contributed by atoms with E-state index in [1.54, 1.807) is 25.1 Å². The summed E-state index contributed by atoms with van der Waals surface area (Å²) < 4.78 is 5.19. The molecule has 90 valence electrons. The van der Waals surface area contributed by atoms with E-state index in [0.717, 1.165) is 0 Å². The van der Waals surface area contributed by atoms with Gasteiger partial charge in [-0.2, -0.15) is 10.5 Å². The fourth-order valence-corrected chi connectivity index (χ4v) is 1.38. The number of allylic oxidation sites excluding steroid dienone is 1. The van der Waals surface area contributed by atoms with Crippen LogP contribution in [0, 0.1) is 32.8 Å². The molecule has 0 aromatic heterocycles. The van der Waals surface area contributed by atoms with Gasteiger partial charge in [-0.15, -0.1) is 0 Å². The van der Waals surface area contributed by atoms with E-state index in [2.05, 4.69) is 0 Å². The van der Waals surface area contributed by atoms with Crippen LogP contribution in [-0.4, -0.2) is 11.5 Å². The summed E-state index contributed by atoms with van der Waals surface area (Å²) >= 11 is 0. The molecule has 6 nitrogen and oxygen atoms in total. The van der Waals surface area contributed by atoms with Crippen LogP contribution in [0.3, 0.4) is 0 Å². The number of benzene rings is 1. The molecule has 1 rings (SSSR count). The fraction of sp³-hybridized carbons (Fsp3) is 0.167. The monoisotopic (exact) mass is 243 g/mol. The third-order valence-corrected chi connectivity index (χ3v) is 2.08. The molecule has 6 heteroatoms. The van der Waals surface area contributed by atoms with Crippen molar-refractivity contribution in [1.82, 2.24) is 0 Å². The summed E-state index contributed by atoms with van der Waals surface area (Å²) in [6.45, 7) is 1.87. The molecule has 1 aromatic carbocycles. The van der Waals surface area contributed by atoms with Crippen molar-refractivity contribution in [2.45, 2.75) is 6.92 Å². The summed E-state index contributed by atoms with van der Waals surface area (Å²) in [6.07, 6.45) is 0. The zero-order chi connectivity index (χ0) is 13.5. The first-order chi connectivity index (χ1) is 8.65. The summed E-state index contributed by atoms with van der Waals surface area (Å²) in [5.74, 6) is -0.0604. The van der Waals surface area contributed by atoms with E-state index in [4.69, 9.17) is 15.3 Å². The standard InChI is InChI=1S/C12H9N3O3/c1-2-18-12(9(7-13)8-14)10-5-3-4-6-11(10)15(16)17/h3-6H,2H2,1H3. The van der Waals surface area contributed by atoms with E-state index in [1.165, 1.54) is 18.2 Å². The summed E-state index contributed by atoms with van der Waals surface area (Å²) in [7, 11) is 0. The second-order valence-electron chi connectivity index (χ2n) is 3.14. The number of nitro benzene ring substituents is 1. The molecule has 0 aliphatic carbocycles. The first-order valence-corrected chi connectivity index (χ1v) is 5.06. The SMILES string of the molecule is CCOC(=C(C#N)C#N)c1ccccc1[N+](=O)[O-]. The van der Waals surface area contributed by atoms with Gasteiger partial charge in [0.05, 0.1) is 17.1 Å². The fourth-order valence-electron chi connectivity index (χ4n) is 1.38. The van der Waals surface area contributed by atoms with Crippen LogP contribution >= 0.6 is 0 Å². The zero-order valence-corrected chi connectivity index (χ0v) is 9.58. The second-order valence-corrected chi connectivity index (χ2v) is 3.14.